The van der Waals surface area contributed by atoms with Crippen molar-refractivity contribution >= 4 is 26.2 Å². The molecule has 0 spiro atoms. The molecule has 0 aromatic rings. The number of carbonyl (C=O) groups is 1. The molecule has 82 valence electrons. The van der Waals surface area contributed by atoms with E-state index in [-0.39, 0.29) is 5.41 Å². The summed E-state index contributed by atoms with van der Waals surface area (Å²) >= 11 is 0. The number of carboxylic acids is 1. The van der Waals surface area contributed by atoms with Crippen molar-refractivity contribution in [1.29, 1.82) is 0 Å². The van der Waals surface area contributed by atoms with Crippen LogP contribution in [0.4, 0.5) is 0 Å². The van der Waals surface area contributed by atoms with Crippen molar-refractivity contribution in [3.63, 3.8) is 0 Å². The molecule has 0 aromatic carbocycles. The molecule has 0 unspecified atom stereocenters. The fourth-order valence-electron chi connectivity index (χ4n) is 0.459. The summed E-state index contributed by atoms with van der Waals surface area (Å²) in [4.78, 5) is 10.2. The van der Waals surface area contributed by atoms with Gasteiger partial charge >= 0.3 is 16.1 Å². The summed E-state index contributed by atoms with van der Waals surface area (Å²) in [7, 11) is -8.69. The van der Waals surface area contributed by atoms with Crippen LogP contribution in [0, 0.1) is 0 Å². The zero-order valence-corrected chi connectivity index (χ0v) is 8.92. The van der Waals surface area contributed by atoms with Crippen LogP contribution in [0.1, 0.15) is 6.92 Å². The highest BCUT2D eigenvalue weighted by Crippen LogP contribution is 2.05. The van der Waals surface area contributed by atoms with E-state index in [1.165, 1.54) is 0 Å². The molecule has 0 heterocycles. The molecule has 0 saturated carbocycles. The number of rotatable bonds is 4. The molecular weight excluding hydrogens is 236 g/mol. The van der Waals surface area contributed by atoms with E-state index in [0.717, 1.165) is 6.92 Å². The van der Waals surface area contributed by atoms with Gasteiger partial charge in [0.25, 0.3) is 10.1 Å². The predicted molar refractivity (Wildman–Crippen MR) is 46.2 cm³/mol. The van der Waals surface area contributed by atoms with Crippen molar-refractivity contribution in [2.24, 2.45) is 0 Å². The van der Waals surface area contributed by atoms with Gasteiger partial charge in [-0.15, -0.1) is 3.63 Å². The molecule has 0 rings (SSSR count). The van der Waals surface area contributed by atoms with Gasteiger partial charge in [-0.3, -0.25) is 0 Å². The lowest BCUT2D eigenvalue weighted by molar-refractivity contribution is -0.132. The van der Waals surface area contributed by atoms with Crippen LogP contribution in [0.3, 0.4) is 0 Å². The minimum atomic E-state index is -4.51. The van der Waals surface area contributed by atoms with Crippen LogP contribution in [0.5, 0.6) is 0 Å². The highest BCUT2D eigenvalue weighted by atomic mass is 32.3. The molecule has 0 aromatic heterocycles. The molecule has 14 heavy (non-hydrogen) atoms. The van der Waals surface area contributed by atoms with Crippen LogP contribution in [-0.2, 0) is 28.7 Å². The number of hydrogen-bond acceptors (Lipinski definition) is 6. The van der Waals surface area contributed by atoms with Gasteiger partial charge in [0, 0.05) is 5.57 Å². The lowest BCUT2D eigenvalue weighted by atomic mass is 10.4. The molecule has 0 aliphatic carbocycles. The summed E-state index contributed by atoms with van der Waals surface area (Å²) in [5.74, 6) is -1.48. The minimum absolute atomic E-state index is 0.219. The van der Waals surface area contributed by atoms with E-state index in [2.05, 4.69) is 3.63 Å². The Hall–Kier alpha value is -0.930. The topological polar surface area (TPSA) is 115 Å². The van der Waals surface area contributed by atoms with Crippen molar-refractivity contribution in [2.75, 3.05) is 6.26 Å². The first-order valence-electron chi connectivity index (χ1n) is 3.11. The van der Waals surface area contributed by atoms with Crippen molar-refractivity contribution in [3.05, 3.63) is 11.0 Å². The monoisotopic (exact) mass is 244 g/mol. The van der Waals surface area contributed by atoms with E-state index >= 15 is 0 Å². The van der Waals surface area contributed by atoms with E-state index in [1.54, 1.807) is 0 Å². The number of hydrogen-bond donors (Lipinski definition) is 1. The Morgan fingerprint density at radius 1 is 1.29 bits per heavy atom. The number of aliphatic carboxylic acids is 1. The molecule has 0 saturated heterocycles. The van der Waals surface area contributed by atoms with E-state index in [4.69, 9.17) is 5.11 Å². The predicted octanol–water partition coefficient (Wildman–Crippen LogP) is -0.719. The molecule has 0 aliphatic heterocycles. The molecule has 0 amide bonds. The van der Waals surface area contributed by atoms with Gasteiger partial charge in [-0.1, -0.05) is 0 Å². The van der Waals surface area contributed by atoms with Crippen LogP contribution in [-0.4, -0.2) is 34.2 Å². The van der Waals surface area contributed by atoms with E-state index < -0.39 is 31.8 Å². The molecular formula is C5H8O7S2. The summed E-state index contributed by atoms with van der Waals surface area (Å²) in [6.07, 6.45) is 0.536. The zero-order valence-electron chi connectivity index (χ0n) is 7.29. The molecule has 9 heteroatoms. The van der Waals surface area contributed by atoms with E-state index in [0.29, 0.717) is 6.26 Å². The highest BCUT2D eigenvalue weighted by Gasteiger charge is 2.17. The van der Waals surface area contributed by atoms with Crippen LogP contribution in [0.25, 0.3) is 0 Å². The van der Waals surface area contributed by atoms with Gasteiger partial charge in [0.2, 0.25) is 0 Å². The molecule has 0 radical (unpaired) electrons. The molecule has 0 aliphatic rings. The summed E-state index contributed by atoms with van der Waals surface area (Å²) in [5.41, 5.74) is -0.548. The average molecular weight is 244 g/mol. The normalized spacial score (nSPS) is 14.0. The zero-order chi connectivity index (χ0) is 11.6. The summed E-state index contributed by atoms with van der Waals surface area (Å²) in [6.45, 7) is 0.992. The minimum Gasteiger partial charge on any atom is -0.478 e. The fourth-order valence-corrected chi connectivity index (χ4v) is 2.53. The quantitative estimate of drug-likeness (QED) is 0.649. The lowest BCUT2D eigenvalue weighted by Gasteiger charge is -1.97. The van der Waals surface area contributed by atoms with E-state index in [9.17, 15) is 21.6 Å². The number of carboxylic acid groups (broad SMARTS) is 1. The van der Waals surface area contributed by atoms with Crippen molar-refractivity contribution < 1.29 is 30.4 Å². The largest absolute Gasteiger partial charge is 0.478 e. The third-order valence-electron chi connectivity index (χ3n) is 0.877. The second-order valence-corrected chi connectivity index (χ2v) is 5.54. The summed E-state index contributed by atoms with van der Waals surface area (Å²) in [6, 6.07) is 0. The smallest absolute Gasteiger partial charge is 0.332 e. The van der Waals surface area contributed by atoms with Gasteiger partial charge in [0.05, 0.1) is 11.7 Å². The van der Waals surface area contributed by atoms with Crippen LogP contribution >= 0.6 is 0 Å². The second-order valence-electron chi connectivity index (χ2n) is 2.37. The summed E-state index contributed by atoms with van der Waals surface area (Å²) in [5, 5.41) is 8.52. The molecule has 7 nitrogen and oxygen atoms in total. The Morgan fingerprint density at radius 2 is 1.71 bits per heavy atom. The van der Waals surface area contributed by atoms with Gasteiger partial charge in [0.15, 0.2) is 0 Å². The molecule has 0 fully saturated rings. The van der Waals surface area contributed by atoms with Crippen molar-refractivity contribution in [3.8, 4) is 0 Å². The Bertz CT molecular complexity index is 452. The van der Waals surface area contributed by atoms with Crippen LogP contribution < -0.4 is 0 Å². The Kier molecular flexibility index (Phi) is 3.80. The van der Waals surface area contributed by atoms with E-state index in [1.807, 2.05) is 0 Å². The second kappa shape index (κ2) is 4.07. The van der Waals surface area contributed by atoms with Gasteiger partial charge in [-0.2, -0.15) is 16.8 Å². The first-order chi connectivity index (χ1) is 6.03. The Morgan fingerprint density at radius 3 is 2.00 bits per heavy atom. The van der Waals surface area contributed by atoms with Crippen molar-refractivity contribution in [2.45, 2.75) is 6.92 Å². The highest BCUT2D eigenvalue weighted by molar-refractivity contribution is 8.01. The SMILES string of the molecule is CC(=CS(=O)(=O)OS(C)(=O)=O)C(=O)O. The maximum absolute atomic E-state index is 10.8. The molecule has 0 atom stereocenters. The maximum atomic E-state index is 10.8. The van der Waals surface area contributed by atoms with Crippen LogP contribution in [0.2, 0.25) is 0 Å². The first-order valence-corrected chi connectivity index (χ1v) is 6.40. The Labute approximate surface area is 81.2 Å². The molecule has 1 N–H and O–H groups in total. The average Bonchev–Trinajstić information content (AvgIpc) is 1.78. The van der Waals surface area contributed by atoms with Gasteiger partial charge in [-0.25, -0.2) is 4.79 Å². The van der Waals surface area contributed by atoms with Gasteiger partial charge in [-0.05, 0) is 6.92 Å². The van der Waals surface area contributed by atoms with Crippen molar-refractivity contribution in [1.82, 2.24) is 0 Å². The van der Waals surface area contributed by atoms with Gasteiger partial charge < -0.3 is 5.11 Å². The fraction of sp³-hybridized carbons (Fsp3) is 0.400. The maximum Gasteiger partial charge on any atom is 0.332 e. The third kappa shape index (κ3) is 5.67. The standard InChI is InChI=1S/C5H8O7S2/c1-4(5(6)7)3-14(10,11)12-13(2,8)9/h3H,1-2H3,(H,6,7). The molecule has 0 bridgehead atoms. The lowest BCUT2D eigenvalue weighted by Crippen LogP contribution is -2.11. The Balaban J connectivity index is 5.04. The third-order valence-corrected chi connectivity index (χ3v) is 3.27. The summed E-state index contributed by atoms with van der Waals surface area (Å²) < 4.78 is 46.1. The van der Waals surface area contributed by atoms with Crippen LogP contribution in [0.15, 0.2) is 11.0 Å². The van der Waals surface area contributed by atoms with Gasteiger partial charge in [0.1, 0.15) is 0 Å². The first kappa shape index (κ1) is 13.1.